The Balaban J connectivity index is 1.81. The number of aryl methyl sites for hydroxylation is 2. The molecular formula is C17H20N2O2. The summed E-state index contributed by atoms with van der Waals surface area (Å²) >= 11 is 0. The third-order valence-corrected chi connectivity index (χ3v) is 3.14. The highest BCUT2D eigenvalue weighted by atomic mass is 16.5. The van der Waals surface area contributed by atoms with Crippen LogP contribution >= 0.6 is 0 Å². The maximum atomic E-state index is 11.9. The van der Waals surface area contributed by atoms with E-state index in [-0.39, 0.29) is 5.91 Å². The SMILES string of the molecule is Cc1ccc(OCCC(=O)Nc2ccc(N)cc2C)cc1. The number of carbonyl (C=O) groups is 1. The molecule has 0 fully saturated rings. The molecule has 4 heteroatoms. The van der Waals surface area contributed by atoms with E-state index in [1.807, 2.05) is 50.2 Å². The lowest BCUT2D eigenvalue weighted by Crippen LogP contribution is -2.15. The van der Waals surface area contributed by atoms with Gasteiger partial charge in [0.25, 0.3) is 0 Å². The fourth-order valence-electron chi connectivity index (χ4n) is 1.94. The maximum absolute atomic E-state index is 11.9. The molecule has 0 aromatic heterocycles. The van der Waals surface area contributed by atoms with Gasteiger partial charge in [0, 0.05) is 11.4 Å². The Hall–Kier alpha value is -2.49. The van der Waals surface area contributed by atoms with E-state index in [0.29, 0.717) is 18.7 Å². The Bertz CT molecular complexity index is 621. The monoisotopic (exact) mass is 284 g/mol. The zero-order valence-electron chi connectivity index (χ0n) is 12.3. The number of benzene rings is 2. The van der Waals surface area contributed by atoms with Gasteiger partial charge in [0.2, 0.25) is 5.91 Å². The first-order valence-electron chi connectivity index (χ1n) is 6.90. The van der Waals surface area contributed by atoms with Crippen LogP contribution in [0.1, 0.15) is 17.5 Å². The molecule has 21 heavy (non-hydrogen) atoms. The molecule has 4 nitrogen and oxygen atoms in total. The number of carbonyl (C=O) groups excluding carboxylic acids is 1. The molecule has 0 radical (unpaired) electrons. The molecule has 0 heterocycles. The van der Waals surface area contributed by atoms with Crippen LogP contribution in [-0.2, 0) is 4.79 Å². The van der Waals surface area contributed by atoms with Gasteiger partial charge < -0.3 is 15.8 Å². The summed E-state index contributed by atoms with van der Waals surface area (Å²) in [5.41, 5.74) is 9.28. The Morgan fingerprint density at radius 1 is 1.14 bits per heavy atom. The highest BCUT2D eigenvalue weighted by Crippen LogP contribution is 2.18. The van der Waals surface area contributed by atoms with Crippen LogP contribution in [0.4, 0.5) is 11.4 Å². The molecule has 0 unspecified atom stereocenters. The minimum Gasteiger partial charge on any atom is -0.493 e. The summed E-state index contributed by atoms with van der Waals surface area (Å²) in [6.07, 6.45) is 0.303. The highest BCUT2D eigenvalue weighted by Gasteiger charge is 2.05. The topological polar surface area (TPSA) is 64.3 Å². The van der Waals surface area contributed by atoms with Crippen LogP contribution < -0.4 is 15.8 Å². The van der Waals surface area contributed by atoms with Crippen LogP contribution in [-0.4, -0.2) is 12.5 Å². The molecule has 110 valence electrons. The number of anilines is 2. The second kappa shape index (κ2) is 6.79. The smallest absolute Gasteiger partial charge is 0.227 e. The highest BCUT2D eigenvalue weighted by molar-refractivity contribution is 5.91. The first-order chi connectivity index (χ1) is 10.0. The molecule has 0 atom stereocenters. The zero-order chi connectivity index (χ0) is 15.2. The van der Waals surface area contributed by atoms with E-state index in [9.17, 15) is 4.79 Å². The number of ether oxygens (including phenoxy) is 1. The number of nitrogen functional groups attached to an aromatic ring is 1. The van der Waals surface area contributed by atoms with Crippen molar-refractivity contribution < 1.29 is 9.53 Å². The van der Waals surface area contributed by atoms with E-state index in [4.69, 9.17) is 10.5 Å². The molecule has 0 spiro atoms. The summed E-state index contributed by atoms with van der Waals surface area (Å²) in [5.74, 6) is 0.701. The lowest BCUT2D eigenvalue weighted by atomic mass is 10.2. The predicted molar refractivity (Wildman–Crippen MR) is 85.5 cm³/mol. The Labute approximate surface area is 124 Å². The molecule has 3 N–H and O–H groups in total. The van der Waals surface area contributed by atoms with E-state index in [1.54, 1.807) is 6.07 Å². The Morgan fingerprint density at radius 3 is 2.52 bits per heavy atom. The molecule has 2 aromatic rings. The lowest BCUT2D eigenvalue weighted by Gasteiger charge is -2.10. The summed E-state index contributed by atoms with van der Waals surface area (Å²) in [6, 6.07) is 13.2. The first-order valence-corrected chi connectivity index (χ1v) is 6.90. The summed E-state index contributed by atoms with van der Waals surface area (Å²) < 4.78 is 5.54. The van der Waals surface area contributed by atoms with Gasteiger partial charge in [0.05, 0.1) is 13.0 Å². The van der Waals surface area contributed by atoms with E-state index in [1.165, 1.54) is 5.56 Å². The summed E-state index contributed by atoms with van der Waals surface area (Å²) in [5, 5.41) is 2.86. The van der Waals surface area contributed by atoms with Crippen LogP contribution in [0.5, 0.6) is 5.75 Å². The number of amides is 1. The fourth-order valence-corrected chi connectivity index (χ4v) is 1.94. The van der Waals surface area contributed by atoms with Crippen molar-refractivity contribution in [3.63, 3.8) is 0 Å². The largest absolute Gasteiger partial charge is 0.493 e. The predicted octanol–water partition coefficient (Wildman–Crippen LogP) is 3.29. The van der Waals surface area contributed by atoms with Gasteiger partial charge in [-0.15, -0.1) is 0 Å². The summed E-state index contributed by atoms with van der Waals surface area (Å²) in [6.45, 7) is 4.28. The Morgan fingerprint density at radius 2 is 1.86 bits per heavy atom. The van der Waals surface area contributed by atoms with Crippen molar-refractivity contribution in [1.82, 2.24) is 0 Å². The molecule has 0 saturated carbocycles. The van der Waals surface area contributed by atoms with Gasteiger partial charge in [-0.2, -0.15) is 0 Å². The molecular weight excluding hydrogens is 264 g/mol. The fraction of sp³-hybridized carbons (Fsp3) is 0.235. The number of hydrogen-bond acceptors (Lipinski definition) is 3. The van der Waals surface area contributed by atoms with Gasteiger partial charge in [-0.3, -0.25) is 4.79 Å². The van der Waals surface area contributed by atoms with Crippen molar-refractivity contribution in [1.29, 1.82) is 0 Å². The normalized spacial score (nSPS) is 10.2. The maximum Gasteiger partial charge on any atom is 0.227 e. The second-order valence-corrected chi connectivity index (χ2v) is 5.03. The van der Waals surface area contributed by atoms with Crippen LogP contribution in [0.2, 0.25) is 0 Å². The second-order valence-electron chi connectivity index (χ2n) is 5.03. The van der Waals surface area contributed by atoms with E-state index in [0.717, 1.165) is 17.0 Å². The molecule has 0 bridgehead atoms. The summed E-state index contributed by atoms with van der Waals surface area (Å²) in [7, 11) is 0. The summed E-state index contributed by atoms with van der Waals surface area (Å²) in [4.78, 5) is 11.9. The lowest BCUT2D eigenvalue weighted by molar-refractivity contribution is -0.116. The van der Waals surface area contributed by atoms with E-state index >= 15 is 0 Å². The van der Waals surface area contributed by atoms with Crippen LogP contribution in [0, 0.1) is 13.8 Å². The van der Waals surface area contributed by atoms with Gasteiger partial charge in [-0.25, -0.2) is 0 Å². The van der Waals surface area contributed by atoms with Crippen molar-refractivity contribution in [2.45, 2.75) is 20.3 Å². The van der Waals surface area contributed by atoms with Crippen molar-refractivity contribution in [2.24, 2.45) is 0 Å². The average Bonchev–Trinajstić information content (AvgIpc) is 2.44. The molecule has 0 aliphatic rings. The van der Waals surface area contributed by atoms with Crippen LogP contribution in [0.25, 0.3) is 0 Å². The van der Waals surface area contributed by atoms with Crippen molar-refractivity contribution in [3.8, 4) is 5.75 Å². The number of rotatable bonds is 5. The number of hydrogen-bond donors (Lipinski definition) is 2. The van der Waals surface area contributed by atoms with Crippen LogP contribution in [0.3, 0.4) is 0 Å². The quantitative estimate of drug-likeness (QED) is 0.828. The molecule has 0 aliphatic carbocycles. The van der Waals surface area contributed by atoms with Crippen LogP contribution in [0.15, 0.2) is 42.5 Å². The van der Waals surface area contributed by atoms with Crippen molar-refractivity contribution >= 4 is 17.3 Å². The van der Waals surface area contributed by atoms with Gasteiger partial charge >= 0.3 is 0 Å². The van der Waals surface area contributed by atoms with Gasteiger partial charge in [-0.05, 0) is 49.7 Å². The molecule has 0 aliphatic heterocycles. The van der Waals surface area contributed by atoms with Crippen molar-refractivity contribution in [2.75, 3.05) is 17.7 Å². The third-order valence-electron chi connectivity index (χ3n) is 3.14. The van der Waals surface area contributed by atoms with Crippen molar-refractivity contribution in [3.05, 3.63) is 53.6 Å². The van der Waals surface area contributed by atoms with Gasteiger partial charge in [0.15, 0.2) is 0 Å². The number of nitrogens with two attached hydrogens (primary N) is 1. The number of nitrogens with one attached hydrogen (secondary N) is 1. The zero-order valence-corrected chi connectivity index (χ0v) is 12.3. The Kier molecular flexibility index (Phi) is 4.82. The molecule has 1 amide bonds. The molecule has 2 rings (SSSR count). The van der Waals surface area contributed by atoms with Gasteiger partial charge in [-0.1, -0.05) is 17.7 Å². The standard InChI is InChI=1S/C17H20N2O2/c1-12-3-6-15(7-4-12)21-10-9-17(20)19-16-8-5-14(18)11-13(16)2/h3-8,11H,9-10,18H2,1-2H3,(H,19,20). The van der Waals surface area contributed by atoms with Gasteiger partial charge in [0.1, 0.15) is 5.75 Å². The average molecular weight is 284 g/mol. The van der Waals surface area contributed by atoms with E-state index in [2.05, 4.69) is 5.32 Å². The minimum atomic E-state index is -0.0741. The third kappa shape index (κ3) is 4.53. The molecule has 2 aromatic carbocycles. The molecule has 0 saturated heterocycles. The minimum absolute atomic E-state index is 0.0741. The first kappa shape index (κ1) is 14.9. The van der Waals surface area contributed by atoms with E-state index < -0.39 is 0 Å².